The van der Waals surface area contributed by atoms with Gasteiger partial charge in [0.1, 0.15) is 0 Å². The highest BCUT2D eigenvalue weighted by molar-refractivity contribution is 8.01. The Labute approximate surface area is 162 Å². The number of halogens is 2. The standard InChI is InChI=1S/C17H17F2N3O3S2/c18-10-3-1-2-9(14(10)19)15(20)12-4-5-13(23)22(12)6-7-26-17-21-11(8-27-17)16(24)25/h1-3,8,12,15H,4-7,20H2,(H,24,25)/t12-,15?/m1/s1. The van der Waals surface area contributed by atoms with Gasteiger partial charge in [0.25, 0.3) is 0 Å². The van der Waals surface area contributed by atoms with Gasteiger partial charge in [-0.15, -0.1) is 11.3 Å². The maximum absolute atomic E-state index is 14.1. The predicted octanol–water partition coefficient (Wildman–Crippen LogP) is 2.90. The normalized spacial score (nSPS) is 18.1. The van der Waals surface area contributed by atoms with Crippen molar-refractivity contribution in [3.63, 3.8) is 0 Å². The summed E-state index contributed by atoms with van der Waals surface area (Å²) >= 11 is 2.56. The Bertz CT molecular complexity index is 862. The summed E-state index contributed by atoms with van der Waals surface area (Å²) in [5.41, 5.74) is 6.20. The van der Waals surface area contributed by atoms with Gasteiger partial charge in [-0.2, -0.15) is 0 Å². The number of benzene rings is 1. The Morgan fingerprint density at radius 1 is 1.48 bits per heavy atom. The third kappa shape index (κ3) is 4.28. The maximum Gasteiger partial charge on any atom is 0.355 e. The topological polar surface area (TPSA) is 96.5 Å². The Balaban J connectivity index is 1.65. The van der Waals surface area contributed by atoms with Gasteiger partial charge >= 0.3 is 5.97 Å². The van der Waals surface area contributed by atoms with Gasteiger partial charge in [0.05, 0.1) is 12.1 Å². The zero-order valence-corrected chi connectivity index (χ0v) is 15.7. The molecule has 1 saturated heterocycles. The minimum atomic E-state index is -1.09. The van der Waals surface area contributed by atoms with Gasteiger partial charge in [0.2, 0.25) is 5.91 Å². The highest BCUT2D eigenvalue weighted by atomic mass is 32.2. The van der Waals surface area contributed by atoms with E-state index in [2.05, 4.69) is 4.98 Å². The summed E-state index contributed by atoms with van der Waals surface area (Å²) in [6.45, 7) is 0.362. The number of carboxylic acids is 1. The van der Waals surface area contributed by atoms with Crippen molar-refractivity contribution >= 4 is 35.0 Å². The number of carbonyl (C=O) groups is 2. The number of hydrogen-bond donors (Lipinski definition) is 2. The molecule has 1 fully saturated rings. The van der Waals surface area contributed by atoms with Gasteiger partial charge in [-0.3, -0.25) is 4.79 Å². The van der Waals surface area contributed by atoms with Crippen LogP contribution in [0.15, 0.2) is 27.9 Å². The second-order valence-corrected chi connectivity index (χ2v) is 8.21. The van der Waals surface area contributed by atoms with Gasteiger partial charge < -0.3 is 15.7 Å². The van der Waals surface area contributed by atoms with Crippen LogP contribution >= 0.6 is 23.1 Å². The first-order chi connectivity index (χ1) is 12.9. The van der Waals surface area contributed by atoms with Gasteiger partial charge in [0.15, 0.2) is 21.7 Å². The van der Waals surface area contributed by atoms with Crippen LogP contribution in [-0.4, -0.2) is 45.2 Å². The van der Waals surface area contributed by atoms with Gasteiger partial charge in [-0.05, 0) is 12.5 Å². The minimum absolute atomic E-state index is 0.0128. The Morgan fingerprint density at radius 2 is 2.26 bits per heavy atom. The van der Waals surface area contributed by atoms with Crippen LogP contribution in [-0.2, 0) is 4.79 Å². The number of nitrogens with zero attached hydrogens (tertiary/aromatic N) is 2. The SMILES string of the molecule is NC(c1cccc(F)c1F)[C@H]1CCC(=O)N1CCSc1nc(C(=O)O)cs1. The molecular formula is C17H17F2N3O3S2. The van der Waals surface area contributed by atoms with Crippen molar-refractivity contribution in [2.24, 2.45) is 5.73 Å². The fourth-order valence-electron chi connectivity index (χ4n) is 3.06. The number of amides is 1. The molecule has 0 radical (unpaired) electrons. The van der Waals surface area contributed by atoms with E-state index < -0.39 is 29.7 Å². The average Bonchev–Trinajstić information content (AvgIpc) is 3.25. The monoisotopic (exact) mass is 413 g/mol. The van der Waals surface area contributed by atoms with Crippen LogP contribution in [0.5, 0.6) is 0 Å². The molecule has 1 unspecified atom stereocenters. The summed E-state index contributed by atoms with van der Waals surface area (Å²) in [5, 5.41) is 10.3. The third-order valence-corrected chi connectivity index (χ3v) is 6.39. The fraction of sp³-hybridized carbons (Fsp3) is 0.353. The molecule has 6 nitrogen and oxygen atoms in total. The molecule has 0 saturated carbocycles. The minimum Gasteiger partial charge on any atom is -0.476 e. The van der Waals surface area contributed by atoms with E-state index in [4.69, 9.17) is 10.8 Å². The van der Waals surface area contributed by atoms with Crippen molar-refractivity contribution in [2.45, 2.75) is 29.3 Å². The molecule has 144 valence electrons. The molecule has 27 heavy (non-hydrogen) atoms. The summed E-state index contributed by atoms with van der Waals surface area (Å²) in [5.74, 6) is -2.63. The quantitative estimate of drug-likeness (QED) is 0.678. The summed E-state index contributed by atoms with van der Waals surface area (Å²) in [4.78, 5) is 28.6. The van der Waals surface area contributed by atoms with Gasteiger partial charge in [0, 0.05) is 29.7 Å². The van der Waals surface area contributed by atoms with Crippen LogP contribution in [0.3, 0.4) is 0 Å². The van der Waals surface area contributed by atoms with E-state index in [9.17, 15) is 18.4 Å². The molecule has 1 aromatic heterocycles. The van der Waals surface area contributed by atoms with E-state index >= 15 is 0 Å². The van der Waals surface area contributed by atoms with Crippen LogP contribution in [0.4, 0.5) is 8.78 Å². The number of likely N-dealkylation sites (tertiary alicyclic amines) is 1. The number of hydrogen-bond acceptors (Lipinski definition) is 6. The molecule has 1 aliphatic heterocycles. The Hall–Kier alpha value is -2.04. The zero-order chi connectivity index (χ0) is 19.6. The van der Waals surface area contributed by atoms with Crippen molar-refractivity contribution in [3.05, 3.63) is 46.5 Å². The lowest BCUT2D eigenvalue weighted by Gasteiger charge is -2.30. The van der Waals surface area contributed by atoms with Gasteiger partial charge in [-0.25, -0.2) is 18.6 Å². The Morgan fingerprint density at radius 3 is 2.96 bits per heavy atom. The van der Waals surface area contributed by atoms with E-state index in [1.54, 1.807) is 4.90 Å². The lowest BCUT2D eigenvalue weighted by atomic mass is 9.97. The number of aromatic carboxylic acids is 1. The first-order valence-corrected chi connectivity index (χ1v) is 10.1. The lowest BCUT2D eigenvalue weighted by Crippen LogP contribution is -2.42. The van der Waals surface area contributed by atoms with Crippen molar-refractivity contribution in [3.8, 4) is 0 Å². The van der Waals surface area contributed by atoms with E-state index in [-0.39, 0.29) is 17.2 Å². The second-order valence-electron chi connectivity index (χ2n) is 6.01. The molecule has 3 rings (SSSR count). The molecular weight excluding hydrogens is 396 g/mol. The highest BCUT2D eigenvalue weighted by Crippen LogP contribution is 2.31. The fourth-order valence-corrected chi connectivity index (χ4v) is 4.87. The predicted molar refractivity (Wildman–Crippen MR) is 97.8 cm³/mol. The highest BCUT2D eigenvalue weighted by Gasteiger charge is 2.36. The second kappa shape index (κ2) is 8.32. The molecule has 0 bridgehead atoms. The molecule has 1 aromatic carbocycles. The van der Waals surface area contributed by atoms with E-state index in [1.807, 2.05) is 0 Å². The van der Waals surface area contributed by atoms with Crippen molar-refractivity contribution in [1.29, 1.82) is 0 Å². The number of thioether (sulfide) groups is 1. The molecule has 2 heterocycles. The lowest BCUT2D eigenvalue weighted by molar-refractivity contribution is -0.128. The molecule has 1 aliphatic rings. The van der Waals surface area contributed by atoms with Crippen LogP contribution in [0.2, 0.25) is 0 Å². The largest absolute Gasteiger partial charge is 0.476 e. The summed E-state index contributed by atoms with van der Waals surface area (Å²) in [6.07, 6.45) is 0.779. The number of rotatable bonds is 7. The van der Waals surface area contributed by atoms with Gasteiger partial charge in [-0.1, -0.05) is 23.9 Å². The number of carboxylic acid groups (broad SMARTS) is 1. The maximum atomic E-state index is 14.1. The molecule has 0 aliphatic carbocycles. The summed E-state index contributed by atoms with van der Waals surface area (Å²) < 4.78 is 28.1. The molecule has 3 N–H and O–H groups in total. The first kappa shape index (κ1) is 19.7. The van der Waals surface area contributed by atoms with Crippen LogP contribution in [0.25, 0.3) is 0 Å². The van der Waals surface area contributed by atoms with Crippen molar-refractivity contribution in [2.75, 3.05) is 12.3 Å². The molecule has 2 atom stereocenters. The number of thiazole rings is 1. The number of carbonyl (C=O) groups excluding carboxylic acids is 1. The summed E-state index contributed by atoms with van der Waals surface area (Å²) in [7, 11) is 0. The van der Waals surface area contributed by atoms with E-state index in [0.717, 1.165) is 6.07 Å². The smallest absolute Gasteiger partial charge is 0.355 e. The average molecular weight is 413 g/mol. The van der Waals surface area contributed by atoms with E-state index in [0.29, 0.717) is 29.5 Å². The van der Waals surface area contributed by atoms with Crippen LogP contribution < -0.4 is 5.73 Å². The van der Waals surface area contributed by atoms with Crippen LogP contribution in [0.1, 0.15) is 34.9 Å². The van der Waals surface area contributed by atoms with Crippen molar-refractivity contribution in [1.82, 2.24) is 9.88 Å². The molecule has 10 heteroatoms. The Kier molecular flexibility index (Phi) is 6.08. The zero-order valence-electron chi connectivity index (χ0n) is 14.1. The molecule has 0 spiro atoms. The first-order valence-electron chi connectivity index (χ1n) is 8.19. The molecule has 2 aromatic rings. The summed E-state index contributed by atoms with van der Waals surface area (Å²) in [6, 6.07) is 2.62. The number of aromatic nitrogens is 1. The molecule has 1 amide bonds. The number of nitrogens with two attached hydrogens (primary N) is 1. The van der Waals surface area contributed by atoms with E-state index in [1.165, 1.54) is 40.6 Å². The third-order valence-electron chi connectivity index (χ3n) is 4.39. The van der Waals surface area contributed by atoms with Crippen LogP contribution in [0, 0.1) is 11.6 Å². The van der Waals surface area contributed by atoms with Crippen molar-refractivity contribution < 1.29 is 23.5 Å².